The second-order valence-corrected chi connectivity index (χ2v) is 16.0. The van der Waals surface area contributed by atoms with Gasteiger partial charge >= 0.3 is 131 Å². The number of halogens is 43. The van der Waals surface area contributed by atoms with Crippen LogP contribution in [-0.2, 0) is 25.0 Å². The zero-order valence-corrected chi connectivity index (χ0v) is 38.0. The number of aliphatic imine (C=N–C) groups is 2. The minimum atomic E-state index is -10.8. The third-order valence-corrected chi connectivity index (χ3v) is 10.7. The van der Waals surface area contributed by atoms with E-state index in [0.717, 1.165) is 5.32 Å². The first-order valence-corrected chi connectivity index (χ1v) is 19.0. The highest BCUT2D eigenvalue weighted by Crippen LogP contribution is 2.72. The molecule has 0 atom stereocenters. The number of hydrogen-bond donors (Lipinski definition) is 1. The molecule has 0 unspecified atom stereocenters. The first kappa shape index (κ1) is 76.9. The summed E-state index contributed by atoms with van der Waals surface area (Å²) in [4.78, 5) is 50.2. The molecule has 0 aliphatic carbocycles. The second-order valence-electron chi connectivity index (χ2n) is 16.0. The van der Waals surface area contributed by atoms with E-state index in [4.69, 9.17) is 0 Å². The van der Waals surface area contributed by atoms with E-state index in [-0.39, 0.29) is 13.0 Å². The van der Waals surface area contributed by atoms with Gasteiger partial charge in [0.25, 0.3) is 5.91 Å². The van der Waals surface area contributed by atoms with Crippen LogP contribution in [0, 0.1) is 6.92 Å². The number of isocyanates is 2. The molecule has 0 saturated carbocycles. The number of hydrogen-bond acceptors (Lipinski definition) is 7. The van der Waals surface area contributed by atoms with Crippen LogP contribution in [0.3, 0.4) is 0 Å². The largest absolute Gasteiger partial charge is 0.460 e. The van der Waals surface area contributed by atoms with Gasteiger partial charge in [-0.15, -0.1) is 0 Å². The Hall–Kier alpha value is -6.09. The fourth-order valence-corrected chi connectivity index (χ4v) is 5.88. The maximum Gasteiger partial charge on any atom is 0.460 e. The molecule has 1 amide bonds. The van der Waals surface area contributed by atoms with Gasteiger partial charge in [-0.05, 0) is 18.6 Å². The molecule has 0 bridgehead atoms. The molecule has 492 valence electrons. The van der Waals surface area contributed by atoms with Crippen LogP contribution < -0.4 is 5.32 Å². The van der Waals surface area contributed by atoms with Gasteiger partial charge in [0.2, 0.25) is 12.2 Å². The van der Waals surface area contributed by atoms with Crippen molar-refractivity contribution >= 4 is 35.4 Å². The molecular formula is C34H10F43N3O5. The lowest BCUT2D eigenvalue weighted by Gasteiger charge is -2.47. The van der Waals surface area contributed by atoms with E-state index in [1.54, 1.807) is 0 Å². The predicted octanol–water partition coefficient (Wildman–Crippen LogP) is 14.9. The fraction of sp³-hybridized carbons (Fsp3) is 0.706. The van der Waals surface area contributed by atoms with Crippen LogP contribution >= 0.6 is 0 Å². The maximum absolute atomic E-state index is 15.7. The minimum absolute atomic E-state index is 0.188. The number of ether oxygens (including phenoxy) is 1. The summed E-state index contributed by atoms with van der Waals surface area (Å²) in [5.41, 5.74) is -12.7. The van der Waals surface area contributed by atoms with Crippen molar-refractivity contribution in [3.05, 3.63) is 22.8 Å². The lowest BCUT2D eigenvalue weighted by Crippen LogP contribution is -2.80. The average Bonchev–Trinajstić information content (AvgIpc) is 3.30. The lowest BCUT2D eigenvalue weighted by molar-refractivity contribution is -0.496. The number of esters is 1. The maximum atomic E-state index is 15.7. The summed E-state index contributed by atoms with van der Waals surface area (Å²) in [6.45, 7) is -1.74. The third kappa shape index (κ3) is 9.63. The predicted molar refractivity (Wildman–Crippen MR) is 175 cm³/mol. The van der Waals surface area contributed by atoms with Gasteiger partial charge in [0.1, 0.15) is 11.4 Å². The van der Waals surface area contributed by atoms with E-state index in [1.807, 2.05) is 0 Å². The van der Waals surface area contributed by atoms with Crippen molar-refractivity contribution in [2.45, 2.75) is 138 Å². The van der Waals surface area contributed by atoms with Crippen molar-refractivity contribution in [2.24, 2.45) is 9.98 Å². The Bertz CT molecular complexity index is 2820. The molecule has 1 N–H and O–H groups in total. The molecule has 0 fully saturated rings. The topological polar surface area (TPSA) is 114 Å². The highest BCUT2D eigenvalue weighted by molar-refractivity contribution is 6.04. The number of carbonyl (C=O) groups is 2. The molecule has 0 saturated heterocycles. The quantitative estimate of drug-likeness (QED) is 0.0344. The Morgan fingerprint density at radius 2 is 0.612 bits per heavy atom. The van der Waals surface area contributed by atoms with Gasteiger partial charge < -0.3 is 10.1 Å². The summed E-state index contributed by atoms with van der Waals surface area (Å²) in [7, 11) is 0. The van der Waals surface area contributed by atoms with Gasteiger partial charge in [-0.25, -0.2) is 9.59 Å². The van der Waals surface area contributed by atoms with Crippen LogP contribution in [0.4, 0.5) is 200 Å². The highest BCUT2D eigenvalue weighted by atomic mass is 19.4. The van der Waals surface area contributed by atoms with E-state index in [1.165, 1.54) is 0 Å². The van der Waals surface area contributed by atoms with Crippen molar-refractivity contribution in [3.8, 4) is 0 Å². The summed E-state index contributed by atoms with van der Waals surface area (Å²) in [5.74, 6) is -208. The Morgan fingerprint density at radius 3 is 0.824 bits per heavy atom. The second kappa shape index (κ2) is 20.8. The van der Waals surface area contributed by atoms with Crippen LogP contribution in [-0.4, -0.2) is 149 Å². The van der Waals surface area contributed by atoms with Gasteiger partial charge in [-0.3, -0.25) is 9.59 Å². The Kier molecular flexibility index (Phi) is 18.8. The van der Waals surface area contributed by atoms with Crippen molar-refractivity contribution in [3.63, 3.8) is 0 Å². The number of benzene rings is 1. The summed E-state index contributed by atoms with van der Waals surface area (Å²) < 4.78 is 615. The number of alkyl halides is 43. The van der Waals surface area contributed by atoms with Gasteiger partial charge in [0.15, 0.2) is 6.73 Å². The molecule has 0 aliphatic rings. The molecule has 1 aromatic rings. The number of aryl methyl sites for hydroxylation is 1. The summed E-state index contributed by atoms with van der Waals surface area (Å²) in [5, 5.41) is 0.974. The smallest absolute Gasteiger partial charge is 0.445 e. The number of nitrogens with one attached hydrogen (secondary N) is 1. The molecular weight excluding hydrogens is 1350 g/mol. The van der Waals surface area contributed by atoms with E-state index in [2.05, 4.69) is 14.7 Å². The normalized spacial score (nSPS) is 15.7. The first-order valence-electron chi connectivity index (χ1n) is 19.0. The molecule has 1 aromatic carbocycles. The van der Waals surface area contributed by atoms with Gasteiger partial charge in [0, 0.05) is 12.5 Å². The number of amides is 1. The van der Waals surface area contributed by atoms with Crippen molar-refractivity contribution in [2.75, 3.05) is 6.73 Å². The first-order chi connectivity index (χ1) is 36.6. The number of carbonyl (C=O) groups excluding carboxylic acids is 4. The molecule has 0 heterocycles. The SMILES string of the molecule is CC(=O)OCNC(=O)c1c(N=C=O)c(N=C=O)cc(C)c1C(F)(F)C(F)(F)C(F)(F)C(F)(F)C(F)(F)C(F)(F)C(F)(F)C(F)(F)C(F)(F)C(F)(F)C(F)(F)C(F)(F)C(F)(F)C(F)(F)C(F)(F)C(F)(F)C(F)(F)C(F)(F)C(F)(F)C(F)(F)C(F)(F)F. The van der Waals surface area contributed by atoms with E-state index in [9.17, 15) is 182 Å². The summed E-state index contributed by atoms with van der Waals surface area (Å²) >= 11 is 0. The van der Waals surface area contributed by atoms with E-state index >= 15 is 26.3 Å². The van der Waals surface area contributed by atoms with Gasteiger partial charge in [-0.2, -0.15) is 199 Å². The minimum Gasteiger partial charge on any atom is -0.445 e. The highest BCUT2D eigenvalue weighted by Gasteiger charge is 3.04. The van der Waals surface area contributed by atoms with Crippen molar-refractivity contribution in [1.29, 1.82) is 0 Å². The van der Waals surface area contributed by atoms with Crippen molar-refractivity contribution in [1.82, 2.24) is 5.32 Å². The van der Waals surface area contributed by atoms with Crippen LogP contribution in [0.15, 0.2) is 16.1 Å². The number of nitrogens with zero attached hydrogens (tertiary/aromatic N) is 2. The molecule has 0 radical (unpaired) electrons. The molecule has 85 heavy (non-hydrogen) atoms. The van der Waals surface area contributed by atoms with Gasteiger partial charge in [0.05, 0.1) is 5.56 Å². The molecule has 0 spiro atoms. The van der Waals surface area contributed by atoms with Crippen LogP contribution in [0.1, 0.15) is 28.4 Å². The zero-order chi connectivity index (χ0) is 69.2. The zero-order valence-electron chi connectivity index (χ0n) is 38.0. The molecule has 0 aromatic heterocycles. The summed E-state index contributed by atoms with van der Waals surface area (Å²) in [6.07, 6.45) is -8.02. The van der Waals surface area contributed by atoms with Crippen LogP contribution in [0.25, 0.3) is 0 Å². The third-order valence-electron chi connectivity index (χ3n) is 10.7. The molecule has 51 heteroatoms. The Labute approximate surface area is 432 Å². The lowest BCUT2D eigenvalue weighted by atomic mass is 9.81. The average molecular weight is 1360 g/mol. The molecule has 8 nitrogen and oxygen atoms in total. The van der Waals surface area contributed by atoms with Crippen LogP contribution in [0.5, 0.6) is 0 Å². The van der Waals surface area contributed by atoms with E-state index < -0.39 is 177 Å². The summed E-state index contributed by atoms with van der Waals surface area (Å²) in [6, 6.07) is -0.513. The standard InChI is InChI=1S/C34H10F43N3O5/c1-7-3-9(78-4-81)12(79-5-82)10(13(84)80-6-85-8(2)83)11(7)14(35,36)15(37,38)16(39,40)17(41,42)18(43,44)19(45,46)20(47,48)21(49,50)22(51,52)23(53,54)24(55,56)25(57,58)26(59,60)27(61,62)28(63,64)29(65,66)30(67,68)31(69,70)32(71,72)33(73,74)34(75,76)77/h3H,6H2,1-2H3,(H,80,84). The van der Waals surface area contributed by atoms with Gasteiger partial charge in [-0.1, -0.05) is 0 Å². The monoisotopic (exact) mass is 1360 g/mol. The Morgan fingerprint density at radius 1 is 0.388 bits per heavy atom. The fourth-order valence-electron chi connectivity index (χ4n) is 5.88. The Balaban J connectivity index is 4.36. The van der Waals surface area contributed by atoms with Crippen molar-refractivity contribution < 1.29 is 213 Å². The van der Waals surface area contributed by atoms with E-state index in [0.29, 0.717) is 13.0 Å². The molecule has 0 aliphatic heterocycles. The van der Waals surface area contributed by atoms with Crippen LogP contribution in [0.2, 0.25) is 0 Å². The molecule has 1 rings (SSSR count). The number of rotatable bonds is 25.